The maximum absolute atomic E-state index is 11.8. The van der Waals surface area contributed by atoms with Gasteiger partial charge in [-0.25, -0.2) is 0 Å². The third-order valence-corrected chi connectivity index (χ3v) is 3.73. The molecule has 1 saturated carbocycles. The first-order chi connectivity index (χ1) is 9.66. The van der Waals surface area contributed by atoms with E-state index in [1.54, 1.807) is 12.4 Å². The second kappa shape index (κ2) is 7.03. The van der Waals surface area contributed by atoms with Crippen molar-refractivity contribution in [3.8, 4) is 0 Å². The van der Waals surface area contributed by atoms with E-state index in [0.717, 1.165) is 31.2 Å². The maximum Gasteiger partial charge on any atom is 0.239 e. The fourth-order valence-electron chi connectivity index (χ4n) is 2.53. The van der Waals surface area contributed by atoms with Gasteiger partial charge in [-0.1, -0.05) is 12.8 Å². The van der Waals surface area contributed by atoms with Crippen molar-refractivity contribution in [3.63, 3.8) is 0 Å². The summed E-state index contributed by atoms with van der Waals surface area (Å²) in [6.07, 6.45) is 7.51. The van der Waals surface area contributed by atoms with E-state index in [4.69, 9.17) is 0 Å². The molecule has 1 heterocycles. The summed E-state index contributed by atoms with van der Waals surface area (Å²) in [6.45, 7) is 1.96. The Morgan fingerprint density at radius 3 is 2.60 bits per heavy atom. The fraction of sp³-hybridized carbons (Fsp3) is 0.533. The Bertz CT molecular complexity index is 455. The third-order valence-electron chi connectivity index (χ3n) is 3.73. The molecule has 0 bridgehead atoms. The first kappa shape index (κ1) is 14.5. The van der Waals surface area contributed by atoms with Crippen LogP contribution in [0, 0.1) is 5.92 Å². The Balaban J connectivity index is 1.73. The molecule has 0 unspecified atom stereocenters. The monoisotopic (exact) mass is 275 g/mol. The number of carbonyl (C=O) groups excluding carboxylic acids is 2. The number of pyridine rings is 1. The molecule has 108 valence electrons. The lowest BCUT2D eigenvalue weighted by Crippen LogP contribution is -2.39. The molecule has 1 fully saturated rings. The zero-order valence-corrected chi connectivity index (χ0v) is 11.8. The molecule has 1 aliphatic carbocycles. The van der Waals surface area contributed by atoms with Crippen LogP contribution in [0.1, 0.15) is 44.2 Å². The quantitative estimate of drug-likeness (QED) is 0.856. The van der Waals surface area contributed by atoms with E-state index in [-0.39, 0.29) is 30.3 Å². The minimum atomic E-state index is -0.166. The van der Waals surface area contributed by atoms with Crippen LogP contribution in [-0.4, -0.2) is 23.3 Å². The lowest BCUT2D eigenvalue weighted by atomic mass is 10.1. The SMILES string of the molecule is C[C@@H](NC(=O)CNC(=O)C1CCCC1)c1ccncc1. The zero-order valence-electron chi connectivity index (χ0n) is 11.8. The highest BCUT2D eigenvalue weighted by molar-refractivity contribution is 5.86. The second-order valence-corrected chi connectivity index (χ2v) is 5.27. The highest BCUT2D eigenvalue weighted by Gasteiger charge is 2.22. The van der Waals surface area contributed by atoms with Crippen molar-refractivity contribution >= 4 is 11.8 Å². The number of hydrogen-bond acceptors (Lipinski definition) is 3. The summed E-state index contributed by atoms with van der Waals surface area (Å²) in [5.41, 5.74) is 0.996. The van der Waals surface area contributed by atoms with Gasteiger partial charge in [-0.05, 0) is 37.5 Å². The molecule has 1 atom stereocenters. The average molecular weight is 275 g/mol. The Kier molecular flexibility index (Phi) is 5.09. The van der Waals surface area contributed by atoms with Gasteiger partial charge in [-0.2, -0.15) is 0 Å². The first-order valence-corrected chi connectivity index (χ1v) is 7.14. The van der Waals surface area contributed by atoms with Gasteiger partial charge in [-0.15, -0.1) is 0 Å². The van der Waals surface area contributed by atoms with Crippen molar-refractivity contribution in [2.75, 3.05) is 6.54 Å². The summed E-state index contributed by atoms with van der Waals surface area (Å²) in [6, 6.07) is 3.64. The van der Waals surface area contributed by atoms with Gasteiger partial charge in [0.05, 0.1) is 12.6 Å². The van der Waals surface area contributed by atoms with Gasteiger partial charge in [0.25, 0.3) is 0 Å². The molecule has 5 nitrogen and oxygen atoms in total. The van der Waals surface area contributed by atoms with E-state index in [0.29, 0.717) is 0 Å². The van der Waals surface area contributed by atoms with Gasteiger partial charge < -0.3 is 10.6 Å². The molecule has 1 aliphatic rings. The topological polar surface area (TPSA) is 71.1 Å². The molecule has 0 radical (unpaired) electrons. The molecule has 5 heteroatoms. The molecular formula is C15H21N3O2. The summed E-state index contributed by atoms with van der Waals surface area (Å²) in [4.78, 5) is 27.6. The van der Waals surface area contributed by atoms with Gasteiger partial charge >= 0.3 is 0 Å². The van der Waals surface area contributed by atoms with Crippen LogP contribution >= 0.6 is 0 Å². The van der Waals surface area contributed by atoms with Crippen molar-refractivity contribution in [1.82, 2.24) is 15.6 Å². The van der Waals surface area contributed by atoms with Gasteiger partial charge in [-0.3, -0.25) is 14.6 Å². The molecule has 1 aromatic rings. The van der Waals surface area contributed by atoms with Crippen LogP contribution in [0.15, 0.2) is 24.5 Å². The molecule has 0 spiro atoms. The van der Waals surface area contributed by atoms with Gasteiger partial charge in [0.2, 0.25) is 11.8 Å². The summed E-state index contributed by atoms with van der Waals surface area (Å²) in [5.74, 6) is -0.0599. The first-order valence-electron chi connectivity index (χ1n) is 7.14. The number of nitrogens with one attached hydrogen (secondary N) is 2. The van der Waals surface area contributed by atoms with Gasteiger partial charge in [0.1, 0.15) is 0 Å². The smallest absolute Gasteiger partial charge is 0.239 e. The fourth-order valence-corrected chi connectivity index (χ4v) is 2.53. The molecule has 20 heavy (non-hydrogen) atoms. The summed E-state index contributed by atoms with van der Waals surface area (Å²) in [7, 11) is 0. The van der Waals surface area contributed by atoms with Crippen molar-refractivity contribution in [1.29, 1.82) is 0 Å². The molecule has 2 rings (SSSR count). The van der Waals surface area contributed by atoms with E-state index < -0.39 is 0 Å². The molecular weight excluding hydrogens is 254 g/mol. The van der Waals surface area contributed by atoms with Crippen LogP contribution in [0.4, 0.5) is 0 Å². The second-order valence-electron chi connectivity index (χ2n) is 5.27. The molecule has 0 aromatic carbocycles. The van der Waals surface area contributed by atoms with Gasteiger partial charge in [0, 0.05) is 18.3 Å². The Morgan fingerprint density at radius 2 is 1.95 bits per heavy atom. The van der Waals surface area contributed by atoms with E-state index in [1.807, 2.05) is 19.1 Å². The van der Waals surface area contributed by atoms with Crippen LogP contribution < -0.4 is 10.6 Å². The lowest BCUT2D eigenvalue weighted by Gasteiger charge is -2.15. The summed E-state index contributed by atoms with van der Waals surface area (Å²) < 4.78 is 0. The van der Waals surface area contributed by atoms with Crippen LogP contribution in [0.25, 0.3) is 0 Å². The Labute approximate surface area is 119 Å². The number of nitrogens with zero attached hydrogens (tertiary/aromatic N) is 1. The largest absolute Gasteiger partial charge is 0.348 e. The van der Waals surface area contributed by atoms with Crippen molar-refractivity contribution in [2.24, 2.45) is 5.92 Å². The molecule has 1 aromatic heterocycles. The number of aromatic nitrogens is 1. The summed E-state index contributed by atoms with van der Waals surface area (Å²) in [5, 5.41) is 5.58. The zero-order chi connectivity index (χ0) is 14.4. The number of amides is 2. The van der Waals surface area contributed by atoms with E-state index >= 15 is 0 Å². The predicted octanol–water partition coefficient (Wildman–Crippen LogP) is 1.57. The highest BCUT2D eigenvalue weighted by atomic mass is 16.2. The highest BCUT2D eigenvalue weighted by Crippen LogP contribution is 2.24. The Hall–Kier alpha value is -1.91. The maximum atomic E-state index is 11.8. The van der Waals surface area contributed by atoms with Crippen LogP contribution in [-0.2, 0) is 9.59 Å². The van der Waals surface area contributed by atoms with E-state index in [2.05, 4.69) is 15.6 Å². The Morgan fingerprint density at radius 1 is 1.30 bits per heavy atom. The standard InChI is InChI=1S/C15H21N3O2/c1-11(12-6-8-16-9-7-12)18-14(19)10-17-15(20)13-4-2-3-5-13/h6-9,11,13H,2-5,10H2,1H3,(H,17,20)(H,18,19)/t11-/m1/s1. The van der Waals surface area contributed by atoms with Crippen LogP contribution in [0.2, 0.25) is 0 Å². The summed E-state index contributed by atoms with van der Waals surface area (Å²) >= 11 is 0. The molecule has 2 N–H and O–H groups in total. The van der Waals surface area contributed by atoms with Gasteiger partial charge in [0.15, 0.2) is 0 Å². The van der Waals surface area contributed by atoms with Crippen molar-refractivity contribution in [2.45, 2.75) is 38.6 Å². The number of hydrogen-bond donors (Lipinski definition) is 2. The average Bonchev–Trinajstić information content (AvgIpc) is 3.00. The van der Waals surface area contributed by atoms with Crippen LogP contribution in [0.3, 0.4) is 0 Å². The normalized spacial score (nSPS) is 16.6. The lowest BCUT2D eigenvalue weighted by molar-refractivity contribution is -0.128. The molecule has 0 aliphatic heterocycles. The van der Waals surface area contributed by atoms with E-state index in [9.17, 15) is 9.59 Å². The van der Waals surface area contributed by atoms with Crippen molar-refractivity contribution < 1.29 is 9.59 Å². The van der Waals surface area contributed by atoms with Crippen molar-refractivity contribution in [3.05, 3.63) is 30.1 Å². The van der Waals surface area contributed by atoms with E-state index in [1.165, 1.54) is 0 Å². The molecule has 0 saturated heterocycles. The number of carbonyl (C=O) groups is 2. The van der Waals surface area contributed by atoms with Crippen LogP contribution in [0.5, 0.6) is 0 Å². The minimum Gasteiger partial charge on any atom is -0.348 e. The molecule has 2 amide bonds. The minimum absolute atomic E-state index is 0.00853. The number of rotatable bonds is 5. The predicted molar refractivity (Wildman–Crippen MR) is 75.8 cm³/mol. The third kappa shape index (κ3) is 4.05.